The molecule has 8 rings (SSSR count). The number of anilines is 3. The highest BCUT2D eigenvalue weighted by atomic mass is 15.3. The van der Waals surface area contributed by atoms with E-state index in [2.05, 4.69) is 230 Å². The first-order valence-electron chi connectivity index (χ1n) is 20.6. The molecule has 0 radical (unpaired) electrons. The molecule has 0 aliphatic carbocycles. The average molecular weight is 764 g/mol. The van der Waals surface area contributed by atoms with Gasteiger partial charge >= 0.3 is 0 Å². The van der Waals surface area contributed by atoms with Crippen LogP contribution in [0.4, 0.5) is 17.1 Å². The molecule has 5 nitrogen and oxygen atoms in total. The predicted octanol–water partition coefficient (Wildman–Crippen LogP) is 14.1. The third-order valence-corrected chi connectivity index (χ3v) is 11.6. The van der Waals surface area contributed by atoms with Crippen LogP contribution in [0.5, 0.6) is 0 Å². The molecule has 0 aliphatic rings. The molecule has 3 aromatic heterocycles. The number of pyridine rings is 1. The number of benzene rings is 5. The van der Waals surface area contributed by atoms with Crippen molar-refractivity contribution in [2.75, 3.05) is 4.90 Å². The molecule has 3 heterocycles. The van der Waals surface area contributed by atoms with E-state index in [1.54, 1.807) is 0 Å². The fourth-order valence-electron chi connectivity index (χ4n) is 8.27. The lowest BCUT2D eigenvalue weighted by Gasteiger charge is -2.29. The zero-order valence-electron chi connectivity index (χ0n) is 36.1. The molecular weight excluding hydrogens is 707 g/mol. The summed E-state index contributed by atoms with van der Waals surface area (Å²) in [6.07, 6.45) is 1.97. The van der Waals surface area contributed by atoms with E-state index in [9.17, 15) is 0 Å². The molecule has 0 aliphatic heterocycles. The van der Waals surface area contributed by atoms with Crippen LogP contribution in [0, 0.1) is 0 Å². The lowest BCUT2D eigenvalue weighted by Crippen LogP contribution is -2.19. The van der Waals surface area contributed by atoms with Crippen molar-refractivity contribution < 1.29 is 0 Å². The molecule has 0 atom stereocenters. The first-order valence-corrected chi connectivity index (χ1v) is 20.6. The van der Waals surface area contributed by atoms with E-state index in [1.807, 2.05) is 6.20 Å². The molecule has 8 aromatic rings. The largest absolute Gasteiger partial charge is 0.310 e. The van der Waals surface area contributed by atoms with E-state index in [0.29, 0.717) is 0 Å². The summed E-state index contributed by atoms with van der Waals surface area (Å²) in [5.74, 6) is 0.904. The van der Waals surface area contributed by atoms with Crippen LogP contribution >= 0.6 is 0 Å². The highest BCUT2D eigenvalue weighted by Gasteiger charge is 2.30. The molecule has 0 N–H and O–H groups in total. The molecular formula is C53H57N5. The minimum Gasteiger partial charge on any atom is -0.310 e. The van der Waals surface area contributed by atoms with Crippen LogP contribution in [0.15, 0.2) is 146 Å². The highest BCUT2D eigenvalue weighted by molar-refractivity contribution is 6.12. The zero-order chi connectivity index (χ0) is 41.2. The molecule has 0 saturated carbocycles. The third kappa shape index (κ3) is 7.01. The van der Waals surface area contributed by atoms with E-state index in [1.165, 1.54) is 33.2 Å². The maximum absolute atomic E-state index is 5.25. The van der Waals surface area contributed by atoms with Crippen LogP contribution in [0.3, 0.4) is 0 Å². The molecule has 0 saturated heterocycles. The van der Waals surface area contributed by atoms with E-state index < -0.39 is 0 Å². The Labute approximate surface area is 345 Å². The third-order valence-electron chi connectivity index (χ3n) is 11.6. The van der Waals surface area contributed by atoms with Gasteiger partial charge < -0.3 is 4.90 Å². The van der Waals surface area contributed by atoms with E-state index >= 15 is 0 Å². The lowest BCUT2D eigenvalue weighted by atomic mass is 9.78. The fraction of sp³-hybridized carbons (Fsp3) is 0.283. The van der Waals surface area contributed by atoms with Crippen molar-refractivity contribution in [3.63, 3.8) is 0 Å². The Bertz CT molecular complexity index is 2750. The molecule has 0 amide bonds. The minimum atomic E-state index is -0.219. The average Bonchev–Trinajstić information content (AvgIpc) is 3.80. The number of nitrogens with zero attached hydrogens (tertiary/aromatic N) is 5. The van der Waals surface area contributed by atoms with Gasteiger partial charge in [-0.05, 0) is 88.8 Å². The second kappa shape index (κ2) is 14.2. The molecule has 0 bridgehead atoms. The van der Waals surface area contributed by atoms with Crippen LogP contribution in [0.1, 0.15) is 104 Å². The van der Waals surface area contributed by atoms with Crippen molar-refractivity contribution in [2.45, 2.75) is 97.8 Å². The van der Waals surface area contributed by atoms with Crippen molar-refractivity contribution in [1.82, 2.24) is 19.3 Å². The van der Waals surface area contributed by atoms with Crippen LogP contribution in [-0.4, -0.2) is 19.3 Å². The summed E-state index contributed by atoms with van der Waals surface area (Å²) in [5, 5.41) is 7.73. The molecule has 58 heavy (non-hydrogen) atoms. The normalized spacial score (nSPS) is 12.7. The summed E-state index contributed by atoms with van der Waals surface area (Å²) >= 11 is 0. The smallest absolute Gasteiger partial charge is 0.137 e. The molecule has 5 heteroatoms. The predicted molar refractivity (Wildman–Crippen MR) is 245 cm³/mol. The Kier molecular flexibility index (Phi) is 9.50. The molecule has 0 unspecified atom stereocenters. The molecule has 5 aromatic carbocycles. The summed E-state index contributed by atoms with van der Waals surface area (Å²) in [6, 6.07) is 50.6. The molecule has 0 fully saturated rings. The Morgan fingerprint density at radius 1 is 0.500 bits per heavy atom. The topological polar surface area (TPSA) is 38.9 Å². The van der Waals surface area contributed by atoms with Crippen molar-refractivity contribution in [3.05, 3.63) is 174 Å². The Morgan fingerprint density at radius 3 is 1.83 bits per heavy atom. The van der Waals surface area contributed by atoms with Gasteiger partial charge in [0.15, 0.2) is 0 Å². The van der Waals surface area contributed by atoms with Crippen LogP contribution in [-0.2, 0) is 21.7 Å². The summed E-state index contributed by atoms with van der Waals surface area (Å²) in [4.78, 5) is 7.50. The first kappa shape index (κ1) is 38.9. The summed E-state index contributed by atoms with van der Waals surface area (Å²) in [5.41, 5.74) is 12.0. The second-order valence-corrected chi connectivity index (χ2v) is 19.4. The summed E-state index contributed by atoms with van der Waals surface area (Å²) in [6.45, 7) is 25.1. The maximum Gasteiger partial charge on any atom is 0.137 e. The van der Waals surface area contributed by atoms with Gasteiger partial charge in [-0.3, -0.25) is 4.57 Å². The Morgan fingerprint density at radius 2 is 1.16 bits per heavy atom. The Hall–Kier alpha value is -5.94. The number of aromatic nitrogens is 4. The maximum atomic E-state index is 5.25. The minimum absolute atomic E-state index is 0.0815. The molecule has 0 spiro atoms. The van der Waals surface area contributed by atoms with Crippen LogP contribution < -0.4 is 4.90 Å². The van der Waals surface area contributed by atoms with Gasteiger partial charge in [0.05, 0.1) is 22.4 Å². The van der Waals surface area contributed by atoms with Crippen molar-refractivity contribution in [2.24, 2.45) is 0 Å². The van der Waals surface area contributed by atoms with Crippen molar-refractivity contribution >= 4 is 38.9 Å². The van der Waals surface area contributed by atoms with Crippen molar-refractivity contribution in [1.29, 1.82) is 0 Å². The van der Waals surface area contributed by atoms with E-state index in [4.69, 9.17) is 10.1 Å². The number of para-hydroxylation sites is 2. The van der Waals surface area contributed by atoms with Gasteiger partial charge in [0.1, 0.15) is 5.82 Å². The summed E-state index contributed by atoms with van der Waals surface area (Å²) < 4.78 is 4.53. The number of hydrogen-bond donors (Lipinski definition) is 0. The van der Waals surface area contributed by atoms with Crippen LogP contribution in [0.25, 0.3) is 33.3 Å². The van der Waals surface area contributed by atoms with Gasteiger partial charge in [0, 0.05) is 56.0 Å². The SMILES string of the molecule is CC(C)(C)c1cc(C(C)(C)C)n(-c2cccc(N(c3ccccc3)c3cc(C(C)(C)C)c4c5ccccc5n(-c5cc(C(C)(C)c6ccccc6)ccn5)c4c3)c2)n1. The van der Waals surface area contributed by atoms with Crippen LogP contribution in [0.2, 0.25) is 0 Å². The van der Waals surface area contributed by atoms with Gasteiger partial charge in [-0.25, -0.2) is 9.67 Å². The second-order valence-electron chi connectivity index (χ2n) is 19.4. The zero-order valence-corrected chi connectivity index (χ0v) is 36.1. The highest BCUT2D eigenvalue weighted by Crippen LogP contribution is 2.45. The van der Waals surface area contributed by atoms with E-state index in [-0.39, 0.29) is 21.7 Å². The molecule has 294 valence electrons. The lowest BCUT2D eigenvalue weighted by molar-refractivity contribution is 0.537. The summed E-state index contributed by atoms with van der Waals surface area (Å²) in [7, 11) is 0. The van der Waals surface area contributed by atoms with Gasteiger partial charge in [-0.15, -0.1) is 0 Å². The Balaban J connectivity index is 1.39. The first-order chi connectivity index (χ1) is 27.4. The van der Waals surface area contributed by atoms with Gasteiger partial charge in [-0.2, -0.15) is 5.10 Å². The standard InChI is InChI=1S/C53H57N5/c1-50(2,3)43-33-41(56(38-23-16-13-17-24-38)39-25-20-26-40(32-39)58-47(52(7,8)9)35-46(55-58)51(4,5)6)34-45-49(43)42-27-18-19-28-44(42)57(45)48-31-37(29-30-54-48)53(10,11)36-21-14-12-15-22-36/h12-35H,1-11H3. The monoisotopic (exact) mass is 763 g/mol. The fourth-order valence-corrected chi connectivity index (χ4v) is 8.27. The van der Waals surface area contributed by atoms with Gasteiger partial charge in [-0.1, -0.05) is 149 Å². The van der Waals surface area contributed by atoms with Gasteiger partial charge in [0.25, 0.3) is 0 Å². The number of hydrogen-bond acceptors (Lipinski definition) is 3. The van der Waals surface area contributed by atoms with Crippen molar-refractivity contribution in [3.8, 4) is 11.5 Å². The quantitative estimate of drug-likeness (QED) is 0.162. The van der Waals surface area contributed by atoms with E-state index in [0.717, 1.165) is 45.3 Å². The number of rotatable bonds is 7. The number of fused-ring (bicyclic) bond motifs is 3. The van der Waals surface area contributed by atoms with Gasteiger partial charge in [0.2, 0.25) is 0 Å².